The maximum absolute atomic E-state index is 13.2. The van der Waals surface area contributed by atoms with Crippen LogP contribution in [0, 0.1) is 5.82 Å². The summed E-state index contributed by atoms with van der Waals surface area (Å²) in [7, 11) is 0. The molecule has 0 spiro atoms. The third kappa shape index (κ3) is 4.58. The van der Waals surface area contributed by atoms with Crippen molar-refractivity contribution in [2.75, 3.05) is 5.75 Å². The number of carbonyl (C=O) groups excluding carboxylic acids is 2. The van der Waals surface area contributed by atoms with E-state index in [1.54, 1.807) is 27.2 Å². The Morgan fingerprint density at radius 2 is 1.79 bits per heavy atom. The lowest BCUT2D eigenvalue weighted by Crippen LogP contribution is -2.30. The lowest BCUT2D eigenvalue weighted by molar-refractivity contribution is 0.0942. The molecular formula is C24H24FN5O3S. The van der Waals surface area contributed by atoms with E-state index in [2.05, 4.69) is 15.5 Å². The maximum atomic E-state index is 13.2. The summed E-state index contributed by atoms with van der Waals surface area (Å²) in [5, 5.41) is 12.2. The number of Topliss-reactive ketones (excluding diaryl/α,β-unsaturated/α-hetero) is 1. The van der Waals surface area contributed by atoms with Crippen molar-refractivity contribution in [3.8, 4) is 0 Å². The molecule has 0 unspecified atom stereocenters. The molecule has 0 aliphatic carbocycles. The lowest BCUT2D eigenvalue weighted by atomic mass is 10.1. The van der Waals surface area contributed by atoms with E-state index in [4.69, 9.17) is 0 Å². The molecule has 0 saturated heterocycles. The summed E-state index contributed by atoms with van der Waals surface area (Å²) in [6.45, 7) is 6.14. The van der Waals surface area contributed by atoms with E-state index in [9.17, 15) is 18.8 Å². The number of thioether (sulfide) groups is 1. The molecule has 2 aromatic carbocycles. The average molecular weight is 482 g/mol. The fraction of sp³-hybridized carbons (Fsp3) is 0.292. The minimum absolute atomic E-state index is 0.0423. The SMILES string of the molecule is CCCn1c(=O)c2ccc(C(=O)NC(C)C)cc2n2c(SCC(=O)c3ccc(F)cc3)nnc12. The molecule has 4 aromatic rings. The van der Waals surface area contributed by atoms with Gasteiger partial charge in [-0.15, -0.1) is 10.2 Å². The van der Waals surface area contributed by atoms with Gasteiger partial charge in [0.25, 0.3) is 11.5 Å². The number of aromatic nitrogens is 4. The molecule has 1 amide bonds. The average Bonchev–Trinajstić information content (AvgIpc) is 3.24. The van der Waals surface area contributed by atoms with Crippen LogP contribution in [0.15, 0.2) is 52.4 Å². The summed E-state index contributed by atoms with van der Waals surface area (Å²) in [6.07, 6.45) is 0.717. The van der Waals surface area contributed by atoms with Crippen LogP contribution >= 0.6 is 11.8 Å². The Morgan fingerprint density at radius 3 is 2.47 bits per heavy atom. The van der Waals surface area contributed by atoms with Crippen molar-refractivity contribution in [3.05, 3.63) is 69.8 Å². The number of amides is 1. The van der Waals surface area contributed by atoms with E-state index in [0.29, 0.717) is 45.9 Å². The van der Waals surface area contributed by atoms with Crippen molar-refractivity contribution in [3.63, 3.8) is 0 Å². The van der Waals surface area contributed by atoms with Crippen molar-refractivity contribution < 1.29 is 14.0 Å². The summed E-state index contributed by atoms with van der Waals surface area (Å²) >= 11 is 1.17. The zero-order valence-corrected chi connectivity index (χ0v) is 19.9. The van der Waals surface area contributed by atoms with E-state index in [1.807, 2.05) is 20.8 Å². The van der Waals surface area contributed by atoms with Crippen molar-refractivity contribution in [2.45, 2.75) is 44.9 Å². The first-order valence-electron chi connectivity index (χ1n) is 10.9. The Hall–Kier alpha value is -3.53. The Labute approximate surface area is 199 Å². The molecule has 8 nitrogen and oxygen atoms in total. The second kappa shape index (κ2) is 9.76. The normalized spacial score (nSPS) is 11.4. The minimum Gasteiger partial charge on any atom is -0.350 e. The highest BCUT2D eigenvalue weighted by atomic mass is 32.2. The number of carbonyl (C=O) groups is 2. The number of rotatable bonds is 8. The van der Waals surface area contributed by atoms with Gasteiger partial charge in [-0.05, 0) is 62.7 Å². The van der Waals surface area contributed by atoms with Crippen LogP contribution in [0.5, 0.6) is 0 Å². The zero-order chi connectivity index (χ0) is 24.4. The standard InChI is InChI=1S/C24H24FN5O3S/c1-4-11-29-22(33)18-10-7-16(21(32)26-14(2)3)12-19(18)30-23(29)27-28-24(30)34-13-20(31)15-5-8-17(25)9-6-15/h5-10,12,14H,4,11,13H2,1-3H3,(H,26,32). The van der Waals surface area contributed by atoms with Gasteiger partial charge in [0.15, 0.2) is 10.9 Å². The lowest BCUT2D eigenvalue weighted by Gasteiger charge is -2.12. The van der Waals surface area contributed by atoms with Crippen molar-refractivity contribution in [2.24, 2.45) is 0 Å². The van der Waals surface area contributed by atoms with E-state index >= 15 is 0 Å². The molecule has 0 radical (unpaired) electrons. The van der Waals surface area contributed by atoms with Crippen molar-refractivity contribution in [1.29, 1.82) is 0 Å². The van der Waals surface area contributed by atoms with Crippen LogP contribution in [0.1, 0.15) is 47.9 Å². The number of hydrogen-bond donors (Lipinski definition) is 1. The molecule has 34 heavy (non-hydrogen) atoms. The quantitative estimate of drug-likeness (QED) is 0.304. The van der Waals surface area contributed by atoms with Crippen LogP contribution in [0.3, 0.4) is 0 Å². The van der Waals surface area contributed by atoms with Crippen molar-refractivity contribution >= 4 is 40.1 Å². The summed E-state index contributed by atoms with van der Waals surface area (Å²) in [5.41, 5.74) is 1.07. The molecule has 1 N–H and O–H groups in total. The highest BCUT2D eigenvalue weighted by molar-refractivity contribution is 7.99. The van der Waals surface area contributed by atoms with E-state index in [1.165, 1.54) is 36.0 Å². The third-order valence-corrected chi connectivity index (χ3v) is 6.13. The number of hydrogen-bond acceptors (Lipinski definition) is 6. The topological polar surface area (TPSA) is 98.4 Å². The van der Waals surface area contributed by atoms with Gasteiger partial charge in [-0.1, -0.05) is 18.7 Å². The molecule has 0 fully saturated rings. The van der Waals surface area contributed by atoms with Crippen LogP contribution in [0.4, 0.5) is 4.39 Å². The number of nitrogens with one attached hydrogen (secondary N) is 1. The van der Waals surface area contributed by atoms with E-state index in [0.717, 1.165) is 0 Å². The monoisotopic (exact) mass is 481 g/mol. The van der Waals surface area contributed by atoms with Gasteiger partial charge in [-0.2, -0.15) is 0 Å². The van der Waals surface area contributed by atoms with Gasteiger partial charge in [0.05, 0.1) is 16.7 Å². The molecule has 0 aliphatic heterocycles. The van der Waals surface area contributed by atoms with Crippen LogP contribution < -0.4 is 10.9 Å². The molecule has 4 rings (SSSR count). The summed E-state index contributed by atoms with van der Waals surface area (Å²) in [5.74, 6) is -0.460. The first-order chi connectivity index (χ1) is 16.3. The van der Waals surface area contributed by atoms with Gasteiger partial charge in [0.2, 0.25) is 5.78 Å². The van der Waals surface area contributed by atoms with Crippen LogP contribution in [-0.2, 0) is 6.54 Å². The number of nitrogens with zero attached hydrogens (tertiary/aromatic N) is 4. The van der Waals surface area contributed by atoms with E-state index in [-0.39, 0.29) is 29.0 Å². The highest BCUT2D eigenvalue weighted by Crippen LogP contribution is 2.23. The Balaban J connectivity index is 1.80. The molecule has 0 saturated carbocycles. The molecule has 176 valence electrons. The summed E-state index contributed by atoms with van der Waals surface area (Å²) in [6, 6.07) is 10.2. The van der Waals surface area contributed by atoms with Gasteiger partial charge in [0.1, 0.15) is 5.82 Å². The smallest absolute Gasteiger partial charge is 0.262 e. The van der Waals surface area contributed by atoms with Crippen LogP contribution in [0.2, 0.25) is 0 Å². The largest absolute Gasteiger partial charge is 0.350 e. The van der Waals surface area contributed by atoms with Gasteiger partial charge in [-0.3, -0.25) is 23.4 Å². The third-order valence-electron chi connectivity index (χ3n) is 5.20. The molecule has 0 aliphatic rings. The van der Waals surface area contributed by atoms with Gasteiger partial charge in [-0.25, -0.2) is 4.39 Å². The van der Waals surface area contributed by atoms with Gasteiger partial charge >= 0.3 is 0 Å². The van der Waals surface area contributed by atoms with Crippen LogP contribution in [-0.4, -0.2) is 42.7 Å². The highest BCUT2D eigenvalue weighted by Gasteiger charge is 2.19. The summed E-state index contributed by atoms with van der Waals surface area (Å²) in [4.78, 5) is 38.4. The molecular weight excluding hydrogens is 457 g/mol. The Morgan fingerprint density at radius 1 is 1.09 bits per heavy atom. The molecule has 2 heterocycles. The fourth-order valence-electron chi connectivity index (χ4n) is 3.64. The van der Waals surface area contributed by atoms with Gasteiger partial charge in [0, 0.05) is 23.7 Å². The summed E-state index contributed by atoms with van der Waals surface area (Å²) < 4.78 is 16.4. The Kier molecular flexibility index (Phi) is 6.78. The predicted molar refractivity (Wildman–Crippen MR) is 129 cm³/mol. The van der Waals surface area contributed by atoms with Crippen molar-refractivity contribution in [1.82, 2.24) is 24.5 Å². The second-order valence-corrected chi connectivity index (χ2v) is 9.10. The number of ketones is 1. The number of aryl methyl sites for hydroxylation is 1. The fourth-order valence-corrected chi connectivity index (χ4v) is 4.47. The first-order valence-corrected chi connectivity index (χ1v) is 11.9. The Bertz CT molecular complexity index is 1440. The number of fused-ring (bicyclic) bond motifs is 3. The molecule has 2 aromatic heterocycles. The first kappa shape index (κ1) is 23.6. The molecule has 0 bridgehead atoms. The molecule has 0 atom stereocenters. The van der Waals surface area contributed by atoms with Gasteiger partial charge < -0.3 is 5.32 Å². The molecule has 10 heteroatoms. The predicted octanol–water partition coefficient (Wildman–Crippen LogP) is 3.71. The zero-order valence-electron chi connectivity index (χ0n) is 19.0. The van der Waals surface area contributed by atoms with Crippen LogP contribution in [0.25, 0.3) is 16.7 Å². The van der Waals surface area contributed by atoms with E-state index < -0.39 is 5.82 Å². The minimum atomic E-state index is -0.412. The second-order valence-electron chi connectivity index (χ2n) is 8.15. The maximum Gasteiger partial charge on any atom is 0.262 e. The number of halogens is 1. The number of benzene rings is 2.